The molecule has 0 N–H and O–H groups in total. The number of hydrazone groups is 1. The number of carbonyl (C=O) groups is 1. The van der Waals surface area contributed by atoms with Crippen LogP contribution in [0.4, 0.5) is 16.2 Å². The van der Waals surface area contributed by atoms with Gasteiger partial charge < -0.3 is 4.74 Å². The average Bonchev–Trinajstić information content (AvgIpc) is 3.05. The molecule has 0 spiro atoms. The summed E-state index contributed by atoms with van der Waals surface area (Å²) in [4.78, 5) is 16.2. The molecule has 0 saturated heterocycles. The number of amides is 2. The van der Waals surface area contributed by atoms with Crippen LogP contribution < -0.4 is 4.90 Å². The predicted octanol–water partition coefficient (Wildman–Crippen LogP) is 8.71. The number of carbonyl (C=O) groups excluding carboxylic acids is 1. The molecule has 5 rings (SSSR count). The molecule has 5 heteroatoms. The first-order chi connectivity index (χ1) is 19.0. The summed E-state index contributed by atoms with van der Waals surface area (Å²) < 4.78 is 5.48. The van der Waals surface area contributed by atoms with Gasteiger partial charge >= 0.3 is 6.03 Å². The lowest BCUT2D eigenvalue weighted by molar-refractivity contribution is 0.116. The first-order valence-corrected chi connectivity index (χ1v) is 15.1. The van der Waals surface area contributed by atoms with E-state index in [9.17, 15) is 4.79 Å². The second-order valence-electron chi connectivity index (χ2n) is 11.8. The van der Waals surface area contributed by atoms with Gasteiger partial charge in [0.1, 0.15) is 0 Å². The van der Waals surface area contributed by atoms with E-state index < -0.39 is 0 Å². The Kier molecular flexibility index (Phi) is 9.18. The number of ether oxygens (including phenoxy) is 1. The third-order valence-electron chi connectivity index (χ3n) is 8.60. The Morgan fingerprint density at radius 3 is 2.49 bits per heavy atom. The fraction of sp³-hybridized carbons (Fsp3) is 0.529. The molecule has 39 heavy (non-hydrogen) atoms. The molecule has 1 unspecified atom stereocenters. The standard InChI is InChI=1S/C34H45N3O2/c1-25-16-21-31-32(22-25)36(30-19-17-28(18-20-30)23-27-12-8-5-4-6-9-13-27)34(38)37(26(2)24-39-3)35-33(31)29-14-10-7-11-15-29/h12,16-22,26,29H,4-11,13-15,23-24H2,1-3H3/b27-12+. The van der Waals surface area contributed by atoms with Gasteiger partial charge in [-0.05, 0) is 88.1 Å². The van der Waals surface area contributed by atoms with E-state index in [0.29, 0.717) is 12.5 Å². The van der Waals surface area contributed by atoms with E-state index in [-0.39, 0.29) is 12.1 Å². The van der Waals surface area contributed by atoms with Gasteiger partial charge in [0.15, 0.2) is 0 Å². The molecule has 3 aliphatic rings. The molecule has 1 saturated carbocycles. The number of urea groups is 1. The van der Waals surface area contributed by atoms with Crippen LogP contribution in [0.2, 0.25) is 0 Å². The molecule has 2 amide bonds. The lowest BCUT2D eigenvalue weighted by Crippen LogP contribution is -2.43. The Morgan fingerprint density at radius 2 is 1.72 bits per heavy atom. The van der Waals surface area contributed by atoms with Crippen molar-refractivity contribution in [3.05, 3.63) is 70.8 Å². The molecule has 2 aliphatic carbocycles. The first kappa shape index (κ1) is 27.6. The van der Waals surface area contributed by atoms with Gasteiger partial charge in [0, 0.05) is 18.6 Å². The summed E-state index contributed by atoms with van der Waals surface area (Å²) in [6.07, 6.45) is 17.1. The number of allylic oxidation sites excluding steroid dienone is 2. The van der Waals surface area contributed by atoms with Gasteiger partial charge in [0.05, 0.1) is 29.7 Å². The van der Waals surface area contributed by atoms with E-state index in [0.717, 1.165) is 47.5 Å². The van der Waals surface area contributed by atoms with Gasteiger partial charge in [-0.15, -0.1) is 0 Å². The maximum absolute atomic E-state index is 14.3. The van der Waals surface area contributed by atoms with Gasteiger partial charge in [-0.25, -0.2) is 9.80 Å². The molecular weight excluding hydrogens is 482 g/mol. The molecule has 208 valence electrons. The minimum Gasteiger partial charge on any atom is -0.382 e. The summed E-state index contributed by atoms with van der Waals surface area (Å²) in [5.74, 6) is 0.365. The van der Waals surface area contributed by atoms with Crippen molar-refractivity contribution in [1.29, 1.82) is 0 Å². The Morgan fingerprint density at radius 1 is 0.974 bits per heavy atom. The molecule has 5 nitrogen and oxygen atoms in total. The Labute approximate surface area is 234 Å². The molecular formula is C34H45N3O2. The maximum Gasteiger partial charge on any atom is 0.349 e. The molecule has 1 aliphatic heterocycles. The van der Waals surface area contributed by atoms with Gasteiger partial charge in [-0.2, -0.15) is 5.10 Å². The van der Waals surface area contributed by atoms with Gasteiger partial charge in [0.25, 0.3) is 0 Å². The fourth-order valence-electron chi connectivity index (χ4n) is 6.43. The second-order valence-corrected chi connectivity index (χ2v) is 11.8. The minimum atomic E-state index is -0.176. The number of fused-ring (bicyclic) bond motifs is 1. The van der Waals surface area contributed by atoms with Crippen LogP contribution in [0.1, 0.15) is 94.2 Å². The van der Waals surface area contributed by atoms with Crippen molar-refractivity contribution < 1.29 is 9.53 Å². The van der Waals surface area contributed by atoms with E-state index in [1.165, 1.54) is 63.4 Å². The Bertz CT molecular complexity index is 1190. The van der Waals surface area contributed by atoms with Crippen LogP contribution in [0.15, 0.2) is 59.2 Å². The molecule has 0 aromatic heterocycles. The highest BCUT2D eigenvalue weighted by Crippen LogP contribution is 2.38. The molecule has 0 radical (unpaired) electrons. The summed E-state index contributed by atoms with van der Waals surface area (Å²) >= 11 is 0. The SMILES string of the molecule is COCC(C)N1N=C(C2CCCCC2)c2ccc(C)cc2N(c2ccc(C/C3=C/CCCCCC3)cc2)C1=O. The number of anilines is 2. The van der Waals surface area contributed by atoms with Crippen molar-refractivity contribution in [2.75, 3.05) is 18.6 Å². The molecule has 2 aromatic rings. The van der Waals surface area contributed by atoms with Crippen LogP contribution in [-0.2, 0) is 11.2 Å². The maximum atomic E-state index is 14.3. The van der Waals surface area contributed by atoms with E-state index in [1.807, 2.05) is 11.8 Å². The zero-order valence-electron chi connectivity index (χ0n) is 24.1. The zero-order chi connectivity index (χ0) is 27.2. The minimum absolute atomic E-state index is 0.118. The molecule has 1 fully saturated rings. The van der Waals surface area contributed by atoms with Crippen molar-refractivity contribution in [2.45, 2.75) is 96.9 Å². The monoisotopic (exact) mass is 527 g/mol. The van der Waals surface area contributed by atoms with Crippen LogP contribution in [0.5, 0.6) is 0 Å². The normalized spacial score (nSPS) is 21.3. The summed E-state index contributed by atoms with van der Waals surface area (Å²) in [6, 6.07) is 14.8. The molecule has 0 bridgehead atoms. The third-order valence-corrected chi connectivity index (χ3v) is 8.60. The van der Waals surface area contributed by atoms with Crippen LogP contribution in [0.25, 0.3) is 0 Å². The largest absolute Gasteiger partial charge is 0.382 e. The molecule has 1 atom stereocenters. The first-order valence-electron chi connectivity index (χ1n) is 15.1. The molecule has 1 heterocycles. The van der Waals surface area contributed by atoms with Gasteiger partial charge in [-0.3, -0.25) is 4.90 Å². The highest BCUT2D eigenvalue weighted by molar-refractivity contribution is 6.14. The topological polar surface area (TPSA) is 45.1 Å². The van der Waals surface area contributed by atoms with Crippen LogP contribution >= 0.6 is 0 Å². The van der Waals surface area contributed by atoms with Gasteiger partial charge in [-0.1, -0.05) is 68.0 Å². The fourth-order valence-corrected chi connectivity index (χ4v) is 6.43. The highest BCUT2D eigenvalue weighted by atomic mass is 16.5. The number of rotatable bonds is 7. The summed E-state index contributed by atoms with van der Waals surface area (Å²) in [5.41, 5.74) is 7.96. The Balaban J connectivity index is 1.52. The average molecular weight is 528 g/mol. The smallest absolute Gasteiger partial charge is 0.349 e. The van der Waals surface area contributed by atoms with Crippen molar-refractivity contribution in [3.8, 4) is 0 Å². The number of nitrogens with zero attached hydrogens (tertiary/aromatic N) is 3. The van der Waals surface area contributed by atoms with E-state index in [4.69, 9.17) is 9.84 Å². The van der Waals surface area contributed by atoms with Crippen molar-refractivity contribution in [3.63, 3.8) is 0 Å². The summed E-state index contributed by atoms with van der Waals surface area (Å²) in [6.45, 7) is 4.56. The summed E-state index contributed by atoms with van der Waals surface area (Å²) in [7, 11) is 1.69. The number of hydrogen-bond acceptors (Lipinski definition) is 3. The third kappa shape index (κ3) is 6.46. The van der Waals surface area contributed by atoms with E-state index in [2.05, 4.69) is 55.5 Å². The lowest BCUT2D eigenvalue weighted by atomic mass is 9.82. The van der Waals surface area contributed by atoms with E-state index in [1.54, 1.807) is 17.7 Å². The number of hydrogen-bond donors (Lipinski definition) is 0. The quantitative estimate of drug-likeness (QED) is 0.338. The summed E-state index contributed by atoms with van der Waals surface area (Å²) in [5, 5.41) is 6.80. The van der Waals surface area contributed by atoms with Gasteiger partial charge in [0.2, 0.25) is 0 Å². The Hall–Kier alpha value is -2.92. The highest BCUT2D eigenvalue weighted by Gasteiger charge is 2.36. The number of aryl methyl sites for hydroxylation is 1. The van der Waals surface area contributed by atoms with Crippen molar-refractivity contribution in [1.82, 2.24) is 5.01 Å². The number of benzene rings is 2. The second kappa shape index (κ2) is 13.0. The predicted molar refractivity (Wildman–Crippen MR) is 161 cm³/mol. The molecule has 2 aromatic carbocycles. The van der Waals surface area contributed by atoms with Crippen LogP contribution in [0, 0.1) is 12.8 Å². The number of methoxy groups -OCH3 is 1. The van der Waals surface area contributed by atoms with Crippen LogP contribution in [-0.4, -0.2) is 36.5 Å². The van der Waals surface area contributed by atoms with Crippen molar-refractivity contribution >= 4 is 23.1 Å². The lowest BCUT2D eigenvalue weighted by Gasteiger charge is -2.30. The van der Waals surface area contributed by atoms with E-state index >= 15 is 0 Å². The zero-order valence-corrected chi connectivity index (χ0v) is 24.1. The van der Waals surface area contributed by atoms with Crippen molar-refractivity contribution in [2.24, 2.45) is 11.0 Å². The van der Waals surface area contributed by atoms with Crippen LogP contribution in [0.3, 0.4) is 0 Å².